The van der Waals surface area contributed by atoms with Crippen molar-refractivity contribution in [1.82, 2.24) is 0 Å². The Morgan fingerprint density at radius 2 is 0.743 bits per heavy atom. The predicted molar refractivity (Wildman–Crippen MR) is 307 cm³/mol. The van der Waals surface area contributed by atoms with E-state index in [1.54, 1.807) is 0 Å². The molecule has 0 aliphatic heterocycles. The number of hydrogen-bond donors (Lipinski definition) is 2. The average Bonchev–Trinajstić information content (AvgIpc) is 3.39. The molecule has 74 heavy (non-hydrogen) atoms. The number of unbranched alkanes of at least 4 members (excludes halogenated alkanes) is 23. The first-order valence-electron chi connectivity index (χ1n) is 29.5. The van der Waals surface area contributed by atoms with Gasteiger partial charge in [0.1, 0.15) is 12.7 Å². The van der Waals surface area contributed by atoms with Crippen molar-refractivity contribution in [1.29, 1.82) is 0 Å². The molecule has 0 aromatic heterocycles. The summed E-state index contributed by atoms with van der Waals surface area (Å²) in [5, 5.41) is 9.81. The second-order valence-corrected chi connectivity index (χ2v) is 20.9. The van der Waals surface area contributed by atoms with Crippen molar-refractivity contribution in [3.63, 3.8) is 0 Å². The van der Waals surface area contributed by atoms with Crippen molar-refractivity contribution in [2.45, 2.75) is 264 Å². The minimum Gasteiger partial charge on any atom is -0.462 e. The molecule has 0 aromatic rings. The van der Waals surface area contributed by atoms with Crippen molar-refractivity contribution in [3.05, 3.63) is 85.1 Å². The SMILES string of the molecule is CC/C=C\C/C=C\C/C=C\C/C=C\C/C=C\CCCC(=O)OCC(COP(=O)(O)OCC(CO)OC(=O)CCCCCCC/C=C\C/C=C\CCC)OC(=O)CCCCCCCCCCCCCCCCCCC. The van der Waals surface area contributed by atoms with Gasteiger partial charge in [-0.25, -0.2) is 4.57 Å². The van der Waals surface area contributed by atoms with Crippen molar-refractivity contribution in [2.24, 2.45) is 0 Å². The summed E-state index contributed by atoms with van der Waals surface area (Å²) in [6.45, 7) is 4.41. The number of ether oxygens (including phenoxy) is 3. The van der Waals surface area contributed by atoms with Crippen LogP contribution in [0.4, 0.5) is 0 Å². The maximum Gasteiger partial charge on any atom is 0.472 e. The lowest BCUT2D eigenvalue weighted by atomic mass is 10.0. The Morgan fingerprint density at radius 3 is 1.18 bits per heavy atom. The molecule has 0 saturated carbocycles. The van der Waals surface area contributed by atoms with Gasteiger partial charge in [0.05, 0.1) is 19.8 Å². The van der Waals surface area contributed by atoms with Crippen LogP contribution in [0.5, 0.6) is 0 Å². The van der Waals surface area contributed by atoms with Gasteiger partial charge in [0, 0.05) is 19.3 Å². The summed E-state index contributed by atoms with van der Waals surface area (Å²) in [6, 6.07) is 0. The molecule has 0 fully saturated rings. The lowest BCUT2D eigenvalue weighted by molar-refractivity contribution is -0.161. The second kappa shape index (κ2) is 55.9. The van der Waals surface area contributed by atoms with Crippen molar-refractivity contribution in [3.8, 4) is 0 Å². The van der Waals surface area contributed by atoms with Crippen LogP contribution in [-0.4, -0.2) is 66.5 Å². The zero-order valence-corrected chi connectivity index (χ0v) is 47.9. The molecule has 2 N–H and O–H groups in total. The van der Waals surface area contributed by atoms with Gasteiger partial charge in [-0.15, -0.1) is 0 Å². The molecule has 0 rings (SSSR count). The molecule has 3 atom stereocenters. The Bertz CT molecular complexity index is 1560. The van der Waals surface area contributed by atoms with Crippen LogP contribution in [0.25, 0.3) is 0 Å². The number of aliphatic hydroxyl groups excluding tert-OH is 1. The third-order valence-corrected chi connectivity index (χ3v) is 13.2. The minimum atomic E-state index is -4.77. The number of phosphoric ester groups is 1. The van der Waals surface area contributed by atoms with E-state index in [-0.39, 0.29) is 25.9 Å². The minimum absolute atomic E-state index is 0.146. The van der Waals surface area contributed by atoms with E-state index in [2.05, 4.69) is 99.8 Å². The fourth-order valence-corrected chi connectivity index (χ4v) is 8.63. The summed E-state index contributed by atoms with van der Waals surface area (Å²) < 4.78 is 39.5. The number of esters is 3. The van der Waals surface area contributed by atoms with E-state index in [1.165, 1.54) is 83.5 Å². The Morgan fingerprint density at radius 1 is 0.392 bits per heavy atom. The lowest BCUT2D eigenvalue weighted by Gasteiger charge is -2.21. The molecule has 0 bridgehead atoms. The molecule has 426 valence electrons. The molecule has 3 unspecified atom stereocenters. The quantitative estimate of drug-likeness (QED) is 0.0197. The number of rotatable bonds is 54. The van der Waals surface area contributed by atoms with E-state index in [0.29, 0.717) is 25.7 Å². The smallest absolute Gasteiger partial charge is 0.462 e. The van der Waals surface area contributed by atoms with Crippen LogP contribution in [0.1, 0.15) is 252 Å². The Balaban J connectivity index is 4.80. The van der Waals surface area contributed by atoms with Gasteiger partial charge in [-0.2, -0.15) is 0 Å². The number of carbonyl (C=O) groups excluding carboxylic acids is 3. The van der Waals surface area contributed by atoms with Gasteiger partial charge in [-0.1, -0.05) is 234 Å². The number of carbonyl (C=O) groups is 3. The van der Waals surface area contributed by atoms with Gasteiger partial charge in [0.25, 0.3) is 0 Å². The number of aliphatic hydroxyl groups is 1. The Labute approximate surface area is 451 Å². The largest absolute Gasteiger partial charge is 0.472 e. The van der Waals surface area contributed by atoms with Crippen molar-refractivity contribution in [2.75, 3.05) is 26.4 Å². The summed E-state index contributed by atoms with van der Waals surface area (Å²) in [4.78, 5) is 48.5. The molecule has 0 spiro atoms. The van der Waals surface area contributed by atoms with Gasteiger partial charge < -0.3 is 24.2 Å². The molecule has 0 amide bonds. The first kappa shape index (κ1) is 70.7. The highest BCUT2D eigenvalue weighted by Crippen LogP contribution is 2.43. The van der Waals surface area contributed by atoms with Crippen LogP contribution >= 0.6 is 7.82 Å². The van der Waals surface area contributed by atoms with Gasteiger partial charge >= 0.3 is 25.7 Å². The summed E-state index contributed by atoms with van der Waals surface area (Å²) in [5.74, 6) is -1.54. The van der Waals surface area contributed by atoms with E-state index in [1.807, 2.05) is 6.08 Å². The molecule has 0 aromatic carbocycles. The fourth-order valence-electron chi connectivity index (χ4n) is 7.84. The van der Waals surface area contributed by atoms with E-state index in [0.717, 1.165) is 103 Å². The zero-order chi connectivity index (χ0) is 54.1. The summed E-state index contributed by atoms with van der Waals surface area (Å²) >= 11 is 0. The van der Waals surface area contributed by atoms with Crippen LogP contribution in [0, 0.1) is 0 Å². The fraction of sp³-hybridized carbons (Fsp3) is 0.726. The third kappa shape index (κ3) is 53.5. The zero-order valence-electron chi connectivity index (χ0n) is 47.0. The van der Waals surface area contributed by atoms with Crippen LogP contribution in [0.2, 0.25) is 0 Å². The summed E-state index contributed by atoms with van der Waals surface area (Å²) in [5.41, 5.74) is 0. The number of allylic oxidation sites excluding steroid dienone is 14. The summed E-state index contributed by atoms with van der Waals surface area (Å²) in [7, 11) is -4.77. The molecule has 0 aliphatic carbocycles. The van der Waals surface area contributed by atoms with E-state index >= 15 is 0 Å². The van der Waals surface area contributed by atoms with Crippen molar-refractivity contribution >= 4 is 25.7 Å². The van der Waals surface area contributed by atoms with E-state index < -0.39 is 57.8 Å². The van der Waals surface area contributed by atoms with Crippen molar-refractivity contribution < 1.29 is 52.2 Å². The average molecular weight is 1060 g/mol. The van der Waals surface area contributed by atoms with E-state index in [9.17, 15) is 28.9 Å². The van der Waals surface area contributed by atoms with Crippen LogP contribution in [0.3, 0.4) is 0 Å². The van der Waals surface area contributed by atoms with Crippen LogP contribution in [0.15, 0.2) is 85.1 Å². The first-order valence-corrected chi connectivity index (χ1v) is 31.0. The van der Waals surface area contributed by atoms with Gasteiger partial charge in [-0.05, 0) is 83.5 Å². The third-order valence-electron chi connectivity index (χ3n) is 12.3. The Hall–Kier alpha value is -3.34. The highest BCUT2D eigenvalue weighted by atomic mass is 31.2. The lowest BCUT2D eigenvalue weighted by Crippen LogP contribution is -2.30. The van der Waals surface area contributed by atoms with Gasteiger partial charge in [0.15, 0.2) is 6.10 Å². The molecule has 0 heterocycles. The topological polar surface area (TPSA) is 155 Å². The first-order chi connectivity index (χ1) is 36.2. The van der Waals surface area contributed by atoms with Crippen LogP contribution < -0.4 is 0 Å². The molecule has 0 radical (unpaired) electrons. The maximum atomic E-state index is 12.9. The van der Waals surface area contributed by atoms with Crippen LogP contribution in [-0.2, 0) is 42.2 Å². The predicted octanol–water partition coefficient (Wildman–Crippen LogP) is 17.5. The highest BCUT2D eigenvalue weighted by molar-refractivity contribution is 7.47. The molecule has 12 heteroatoms. The molecule has 11 nitrogen and oxygen atoms in total. The van der Waals surface area contributed by atoms with E-state index in [4.69, 9.17) is 23.3 Å². The van der Waals surface area contributed by atoms with Gasteiger partial charge in [0.2, 0.25) is 0 Å². The van der Waals surface area contributed by atoms with Gasteiger partial charge in [-0.3, -0.25) is 23.4 Å². The second-order valence-electron chi connectivity index (χ2n) is 19.4. The summed E-state index contributed by atoms with van der Waals surface area (Å²) in [6.07, 6.45) is 64.0. The molecule has 0 saturated heterocycles. The standard InChI is InChI=1S/C62H107O11P/c1-4-7-10-13-16-19-22-25-27-29-31-34-36-39-42-45-48-51-60(64)69-55-59(73-62(66)53-50-47-44-41-38-35-32-30-28-26-23-20-17-14-11-8-5-2)57-71-74(67,68)70-56-58(54-63)72-61(65)52-49-46-43-40-37-33-24-21-18-15-12-9-6-3/h7,10,12,15-16,19,21,24-25,27,31,34,39,42,58-59,63H,4-6,8-9,11,13-14,17-18,20,22-23,26,28-30,32-33,35-38,40-41,43-57H2,1-3H3,(H,67,68)/b10-7-,15-12-,19-16-,24-21-,27-25-,34-31-,42-39-. The highest BCUT2D eigenvalue weighted by Gasteiger charge is 2.28. The monoisotopic (exact) mass is 1060 g/mol. The molecular weight excluding hydrogens is 952 g/mol. The number of hydrogen-bond acceptors (Lipinski definition) is 10. The normalized spacial score (nSPS) is 14.0. The maximum absolute atomic E-state index is 12.9. The Kier molecular flexibility index (Phi) is 53.4. The molecular formula is C62H107O11P. The molecule has 0 aliphatic rings. The number of phosphoric acid groups is 1.